The van der Waals surface area contributed by atoms with E-state index in [1.165, 1.54) is 16.7 Å². The minimum absolute atomic E-state index is 0.0438. The fraction of sp³-hybridized carbons (Fsp3) is 0.250. The van der Waals surface area contributed by atoms with Crippen molar-refractivity contribution in [2.24, 2.45) is 7.05 Å². The second-order valence-electron chi connectivity index (χ2n) is 6.97. The molecule has 0 atom stereocenters. The Balaban J connectivity index is 2.12. The van der Waals surface area contributed by atoms with Crippen LogP contribution in [0, 0.1) is 6.92 Å². The van der Waals surface area contributed by atoms with Crippen molar-refractivity contribution in [3.63, 3.8) is 0 Å². The van der Waals surface area contributed by atoms with E-state index in [2.05, 4.69) is 14.7 Å². The van der Waals surface area contributed by atoms with Crippen molar-refractivity contribution in [1.29, 1.82) is 0 Å². The van der Waals surface area contributed by atoms with Crippen LogP contribution in [0.4, 0.5) is 5.82 Å². The molecule has 2 heterocycles. The molecule has 0 radical (unpaired) electrons. The first kappa shape index (κ1) is 21.8. The van der Waals surface area contributed by atoms with Crippen LogP contribution in [-0.4, -0.2) is 28.2 Å². The van der Waals surface area contributed by atoms with E-state index in [9.17, 15) is 13.2 Å². The Morgan fingerprint density at radius 3 is 2.53 bits per heavy atom. The molecule has 30 heavy (non-hydrogen) atoms. The molecule has 0 aliphatic rings. The molecular weight excluding hydrogens is 428 g/mol. The average Bonchev–Trinajstić information content (AvgIpc) is 2.66. The fourth-order valence-corrected chi connectivity index (χ4v) is 3.41. The Morgan fingerprint density at radius 1 is 1.17 bits per heavy atom. The largest absolute Gasteiger partial charge is 0.422 e. The number of ether oxygens (including phenoxy) is 1. The van der Waals surface area contributed by atoms with Crippen molar-refractivity contribution in [2.75, 3.05) is 4.72 Å². The molecule has 158 valence electrons. The van der Waals surface area contributed by atoms with Gasteiger partial charge in [0.1, 0.15) is 5.82 Å². The summed E-state index contributed by atoms with van der Waals surface area (Å²) in [6, 6.07) is 9.66. The van der Waals surface area contributed by atoms with Gasteiger partial charge < -0.3 is 9.30 Å². The summed E-state index contributed by atoms with van der Waals surface area (Å²) in [6.45, 7) is 4.93. The van der Waals surface area contributed by atoms with Gasteiger partial charge in [0.2, 0.25) is 15.6 Å². The van der Waals surface area contributed by atoms with Gasteiger partial charge in [-0.15, -0.1) is 0 Å². The molecule has 8 nitrogen and oxygen atoms in total. The second kappa shape index (κ2) is 8.45. The maximum absolute atomic E-state index is 12.3. The van der Waals surface area contributed by atoms with E-state index >= 15 is 0 Å². The van der Waals surface area contributed by atoms with E-state index in [1.54, 1.807) is 45.3 Å². The van der Waals surface area contributed by atoms with Crippen LogP contribution in [0.1, 0.15) is 19.4 Å². The van der Waals surface area contributed by atoms with E-state index < -0.39 is 15.3 Å². The van der Waals surface area contributed by atoms with Crippen molar-refractivity contribution in [2.45, 2.75) is 26.0 Å². The summed E-state index contributed by atoms with van der Waals surface area (Å²) in [5, 5.41) is -0.293. The SMILES string of the molecule is Cc1cccc(Cl)c1Oc1nc(NS(=O)(=O)C(C)C)cc(-c2ccc(=O)n(C)c2)n1. The molecule has 2 aromatic heterocycles. The zero-order chi connectivity index (χ0) is 22.1. The highest BCUT2D eigenvalue weighted by Gasteiger charge is 2.19. The number of aryl methyl sites for hydroxylation is 2. The summed E-state index contributed by atoms with van der Waals surface area (Å²) >= 11 is 6.23. The molecule has 0 aliphatic carbocycles. The van der Waals surface area contributed by atoms with Gasteiger partial charge in [0.15, 0.2) is 5.75 Å². The molecule has 3 rings (SSSR count). The molecule has 0 saturated carbocycles. The Bertz CT molecular complexity index is 1240. The molecule has 0 unspecified atom stereocenters. The van der Waals surface area contributed by atoms with Crippen LogP contribution < -0.4 is 15.0 Å². The third kappa shape index (κ3) is 4.80. The van der Waals surface area contributed by atoms with Gasteiger partial charge in [-0.05, 0) is 38.5 Å². The van der Waals surface area contributed by atoms with Crippen LogP contribution in [0.2, 0.25) is 5.02 Å². The number of hydrogen-bond donors (Lipinski definition) is 1. The number of nitrogens with one attached hydrogen (secondary N) is 1. The zero-order valence-corrected chi connectivity index (χ0v) is 18.5. The summed E-state index contributed by atoms with van der Waals surface area (Å²) < 4.78 is 34.4. The van der Waals surface area contributed by atoms with E-state index in [-0.39, 0.29) is 17.4 Å². The number of rotatable bonds is 6. The Labute approximate surface area is 179 Å². The van der Waals surface area contributed by atoms with Crippen LogP contribution in [-0.2, 0) is 17.1 Å². The Morgan fingerprint density at radius 2 is 1.90 bits per heavy atom. The first-order valence-electron chi connectivity index (χ1n) is 9.07. The summed E-state index contributed by atoms with van der Waals surface area (Å²) in [5.41, 5.74) is 1.55. The van der Waals surface area contributed by atoms with Gasteiger partial charge >= 0.3 is 6.01 Å². The summed E-state index contributed by atoms with van der Waals surface area (Å²) in [6.07, 6.45) is 1.59. The molecule has 0 bridgehead atoms. The van der Waals surface area contributed by atoms with Crippen LogP contribution in [0.25, 0.3) is 11.3 Å². The number of hydrogen-bond acceptors (Lipinski definition) is 6. The number of halogens is 1. The lowest BCUT2D eigenvalue weighted by molar-refractivity contribution is 0.440. The normalized spacial score (nSPS) is 11.5. The fourth-order valence-electron chi connectivity index (χ4n) is 2.52. The number of nitrogens with zero attached hydrogens (tertiary/aromatic N) is 3. The highest BCUT2D eigenvalue weighted by molar-refractivity contribution is 7.93. The topological polar surface area (TPSA) is 103 Å². The summed E-state index contributed by atoms with van der Waals surface area (Å²) in [5.74, 6) is 0.414. The van der Waals surface area contributed by atoms with Gasteiger partial charge in [0.05, 0.1) is 16.0 Å². The number of benzene rings is 1. The quantitative estimate of drug-likeness (QED) is 0.616. The molecule has 0 fully saturated rings. The minimum Gasteiger partial charge on any atom is -0.422 e. The summed E-state index contributed by atoms with van der Waals surface area (Å²) in [7, 11) is -2.04. The zero-order valence-electron chi connectivity index (χ0n) is 16.9. The van der Waals surface area contributed by atoms with Crippen LogP contribution in [0.3, 0.4) is 0 Å². The van der Waals surface area contributed by atoms with E-state index in [0.717, 1.165) is 5.56 Å². The lowest BCUT2D eigenvalue weighted by Gasteiger charge is -2.14. The molecule has 10 heteroatoms. The Hall–Kier alpha value is -2.91. The lowest BCUT2D eigenvalue weighted by Crippen LogP contribution is -2.23. The van der Waals surface area contributed by atoms with Gasteiger partial charge in [-0.25, -0.2) is 8.42 Å². The molecule has 0 amide bonds. The summed E-state index contributed by atoms with van der Waals surface area (Å²) in [4.78, 5) is 20.3. The highest BCUT2D eigenvalue weighted by Crippen LogP contribution is 2.32. The van der Waals surface area contributed by atoms with Gasteiger partial charge in [0, 0.05) is 30.9 Å². The van der Waals surface area contributed by atoms with Crippen LogP contribution in [0.5, 0.6) is 11.8 Å². The molecule has 0 saturated heterocycles. The van der Waals surface area contributed by atoms with Crippen molar-refractivity contribution in [3.05, 3.63) is 63.5 Å². The number of sulfonamides is 1. The van der Waals surface area contributed by atoms with Crippen molar-refractivity contribution in [3.8, 4) is 23.0 Å². The van der Waals surface area contributed by atoms with Crippen molar-refractivity contribution >= 4 is 27.4 Å². The number of aromatic nitrogens is 3. The van der Waals surface area contributed by atoms with Gasteiger partial charge in [-0.1, -0.05) is 23.7 Å². The standard InChI is InChI=1S/C20H21ClN4O4S/c1-12(2)30(27,28)24-17-10-16(14-8-9-18(26)25(4)11-14)22-20(23-17)29-19-13(3)6-5-7-15(19)21/h5-12H,1-4H3,(H,22,23,24). The molecule has 3 aromatic rings. The molecule has 0 spiro atoms. The first-order chi connectivity index (χ1) is 14.1. The van der Waals surface area contributed by atoms with Crippen molar-refractivity contribution in [1.82, 2.24) is 14.5 Å². The molecule has 0 aliphatic heterocycles. The maximum atomic E-state index is 12.3. The third-order valence-corrected chi connectivity index (χ3v) is 6.34. The average molecular weight is 449 g/mol. The minimum atomic E-state index is -3.65. The van der Waals surface area contributed by atoms with Crippen molar-refractivity contribution < 1.29 is 13.2 Å². The number of pyridine rings is 1. The second-order valence-corrected chi connectivity index (χ2v) is 9.62. The Kier molecular flexibility index (Phi) is 6.14. The van der Waals surface area contributed by atoms with Gasteiger partial charge in [-0.2, -0.15) is 9.97 Å². The van der Waals surface area contributed by atoms with E-state index in [4.69, 9.17) is 16.3 Å². The number of para-hydroxylation sites is 1. The van der Waals surface area contributed by atoms with Crippen LogP contribution >= 0.6 is 11.6 Å². The predicted octanol–water partition coefficient (Wildman–Crippen LogP) is 3.75. The monoisotopic (exact) mass is 448 g/mol. The van der Waals surface area contributed by atoms with Gasteiger partial charge in [0.25, 0.3) is 0 Å². The third-order valence-electron chi connectivity index (χ3n) is 4.31. The lowest BCUT2D eigenvalue weighted by atomic mass is 10.2. The first-order valence-corrected chi connectivity index (χ1v) is 11.0. The maximum Gasteiger partial charge on any atom is 0.324 e. The molecule has 1 N–H and O–H groups in total. The molecule has 1 aromatic carbocycles. The van der Waals surface area contributed by atoms with E-state index in [0.29, 0.717) is 22.0 Å². The van der Waals surface area contributed by atoms with Crippen LogP contribution in [0.15, 0.2) is 47.4 Å². The smallest absolute Gasteiger partial charge is 0.324 e. The number of anilines is 1. The van der Waals surface area contributed by atoms with Gasteiger partial charge in [-0.3, -0.25) is 9.52 Å². The van der Waals surface area contributed by atoms with E-state index in [1.807, 2.05) is 13.0 Å². The predicted molar refractivity (Wildman–Crippen MR) is 117 cm³/mol. The molecular formula is C20H21ClN4O4S. The highest BCUT2D eigenvalue weighted by atomic mass is 35.5.